The molecule has 1 aromatic rings. The van der Waals surface area contributed by atoms with Crippen molar-refractivity contribution in [3.8, 4) is 0 Å². The molecule has 0 fully saturated rings. The zero-order valence-corrected chi connectivity index (χ0v) is 9.17. The van der Waals surface area contributed by atoms with E-state index in [0.717, 1.165) is 12.0 Å². The molecule has 4 heteroatoms. The van der Waals surface area contributed by atoms with Gasteiger partial charge in [-0.3, -0.25) is 0 Å². The lowest BCUT2D eigenvalue weighted by Gasteiger charge is -2.02. The first-order valence-electron chi connectivity index (χ1n) is 4.32. The van der Waals surface area contributed by atoms with E-state index in [-0.39, 0.29) is 0 Å². The van der Waals surface area contributed by atoms with Gasteiger partial charge in [0.1, 0.15) is 0 Å². The van der Waals surface area contributed by atoms with Crippen LogP contribution in [0.3, 0.4) is 0 Å². The molecule has 0 aliphatic rings. The van der Waals surface area contributed by atoms with Crippen LogP contribution in [-0.4, -0.2) is 28.4 Å². The second-order valence-corrected chi connectivity index (χ2v) is 5.18. The van der Waals surface area contributed by atoms with Gasteiger partial charge < -0.3 is 4.74 Å². The molecule has 0 aliphatic heterocycles. The fourth-order valence-electron chi connectivity index (χ4n) is 1.15. The summed E-state index contributed by atoms with van der Waals surface area (Å²) in [6.45, 7) is 0.604. The predicted octanol–water partition coefficient (Wildman–Crippen LogP) is 1.28. The number of hydrogen-bond donors (Lipinski definition) is 0. The normalized spacial score (nSPS) is 11.6. The van der Waals surface area contributed by atoms with Crippen molar-refractivity contribution in [3.63, 3.8) is 0 Å². The maximum absolute atomic E-state index is 11.2. The van der Waals surface area contributed by atoms with Crippen LogP contribution < -0.4 is 0 Å². The van der Waals surface area contributed by atoms with Crippen molar-refractivity contribution in [1.29, 1.82) is 0 Å². The molecule has 0 saturated carbocycles. The summed E-state index contributed by atoms with van der Waals surface area (Å²) in [7, 11) is -1.47. The van der Waals surface area contributed by atoms with Crippen molar-refractivity contribution >= 4 is 9.84 Å². The maximum atomic E-state index is 11.2. The quantitative estimate of drug-likeness (QED) is 0.758. The lowest BCUT2D eigenvalue weighted by molar-refractivity contribution is 0.202. The molecular formula is C10H14O3S. The molecule has 3 nitrogen and oxygen atoms in total. The highest BCUT2D eigenvalue weighted by Gasteiger charge is 2.06. The third-order valence-electron chi connectivity index (χ3n) is 1.92. The number of hydrogen-bond acceptors (Lipinski definition) is 3. The Morgan fingerprint density at radius 1 is 1.36 bits per heavy atom. The van der Waals surface area contributed by atoms with Gasteiger partial charge in [-0.25, -0.2) is 8.42 Å². The summed E-state index contributed by atoms with van der Waals surface area (Å²) in [4.78, 5) is 0.367. The number of ether oxygens (including phenoxy) is 1. The van der Waals surface area contributed by atoms with Crippen LogP contribution in [0.4, 0.5) is 0 Å². The Morgan fingerprint density at radius 2 is 2.07 bits per heavy atom. The van der Waals surface area contributed by atoms with Crippen LogP contribution in [0.1, 0.15) is 5.56 Å². The summed E-state index contributed by atoms with van der Waals surface area (Å²) in [5.74, 6) is 0. The van der Waals surface area contributed by atoms with Crippen LogP contribution in [0, 0.1) is 0 Å². The van der Waals surface area contributed by atoms with Crippen molar-refractivity contribution < 1.29 is 13.2 Å². The van der Waals surface area contributed by atoms with Gasteiger partial charge in [-0.05, 0) is 24.1 Å². The Kier molecular flexibility index (Phi) is 3.66. The molecule has 0 aromatic heterocycles. The lowest BCUT2D eigenvalue weighted by Crippen LogP contribution is -1.99. The summed E-state index contributed by atoms with van der Waals surface area (Å²) in [5.41, 5.74) is 0.981. The highest BCUT2D eigenvalue weighted by atomic mass is 32.2. The Bertz CT molecular complexity index is 396. The van der Waals surface area contributed by atoms with Gasteiger partial charge in [0, 0.05) is 13.4 Å². The van der Waals surface area contributed by atoms with Gasteiger partial charge in [-0.1, -0.05) is 12.1 Å². The van der Waals surface area contributed by atoms with Crippen molar-refractivity contribution in [1.82, 2.24) is 0 Å². The maximum Gasteiger partial charge on any atom is 0.175 e. The highest BCUT2D eigenvalue weighted by Crippen LogP contribution is 2.11. The molecule has 14 heavy (non-hydrogen) atoms. The van der Waals surface area contributed by atoms with E-state index in [1.807, 2.05) is 6.07 Å². The van der Waals surface area contributed by atoms with Crippen molar-refractivity contribution in [3.05, 3.63) is 29.8 Å². The first kappa shape index (κ1) is 11.2. The van der Waals surface area contributed by atoms with Crippen LogP contribution in [0.15, 0.2) is 29.2 Å². The predicted molar refractivity (Wildman–Crippen MR) is 55.1 cm³/mol. The fraction of sp³-hybridized carbons (Fsp3) is 0.400. The molecule has 0 spiro atoms. The van der Waals surface area contributed by atoms with E-state index in [4.69, 9.17) is 4.74 Å². The standard InChI is InChI=1S/C10H14O3S/c1-13-7-6-9-4-3-5-10(8-9)14(2,11)12/h3-5,8H,6-7H2,1-2H3. The minimum Gasteiger partial charge on any atom is -0.384 e. The first-order chi connectivity index (χ1) is 6.54. The van der Waals surface area contributed by atoms with E-state index in [1.54, 1.807) is 25.3 Å². The zero-order valence-electron chi connectivity index (χ0n) is 8.36. The molecule has 0 aliphatic carbocycles. The van der Waals surface area contributed by atoms with Gasteiger partial charge in [0.15, 0.2) is 9.84 Å². The zero-order chi connectivity index (χ0) is 10.6. The van der Waals surface area contributed by atoms with E-state index in [1.165, 1.54) is 6.26 Å². The van der Waals surface area contributed by atoms with Crippen molar-refractivity contribution in [2.24, 2.45) is 0 Å². The lowest BCUT2D eigenvalue weighted by atomic mass is 10.2. The first-order valence-corrected chi connectivity index (χ1v) is 6.21. The molecule has 0 radical (unpaired) electrons. The Morgan fingerprint density at radius 3 is 2.64 bits per heavy atom. The van der Waals surface area contributed by atoms with E-state index >= 15 is 0 Å². The third kappa shape index (κ3) is 3.12. The van der Waals surface area contributed by atoms with E-state index in [0.29, 0.717) is 11.5 Å². The van der Waals surface area contributed by atoms with Gasteiger partial charge in [0.2, 0.25) is 0 Å². The fourth-order valence-corrected chi connectivity index (χ4v) is 1.84. The summed E-state index contributed by atoms with van der Waals surface area (Å²) in [6.07, 6.45) is 1.95. The van der Waals surface area contributed by atoms with Gasteiger partial charge in [-0.15, -0.1) is 0 Å². The average molecular weight is 214 g/mol. The topological polar surface area (TPSA) is 43.4 Å². The minimum atomic E-state index is -3.09. The monoisotopic (exact) mass is 214 g/mol. The summed E-state index contributed by atoms with van der Waals surface area (Å²) in [5, 5.41) is 0. The largest absolute Gasteiger partial charge is 0.384 e. The molecule has 0 unspecified atom stereocenters. The summed E-state index contributed by atoms with van der Waals surface area (Å²) >= 11 is 0. The summed E-state index contributed by atoms with van der Waals surface area (Å²) < 4.78 is 27.4. The molecular weight excluding hydrogens is 200 g/mol. The molecule has 0 heterocycles. The Labute approximate surface area is 84.6 Å². The highest BCUT2D eigenvalue weighted by molar-refractivity contribution is 7.90. The SMILES string of the molecule is COCCc1cccc(S(C)(=O)=O)c1. The number of sulfone groups is 1. The third-order valence-corrected chi connectivity index (χ3v) is 3.03. The molecule has 0 amide bonds. The smallest absolute Gasteiger partial charge is 0.175 e. The molecule has 0 atom stereocenters. The Balaban J connectivity index is 2.90. The van der Waals surface area contributed by atoms with Gasteiger partial charge in [0.25, 0.3) is 0 Å². The van der Waals surface area contributed by atoms with Crippen LogP contribution in [0.25, 0.3) is 0 Å². The minimum absolute atomic E-state index is 0.367. The molecule has 0 N–H and O–H groups in total. The molecule has 1 aromatic carbocycles. The molecule has 0 bridgehead atoms. The molecule has 0 saturated heterocycles. The van der Waals surface area contributed by atoms with Gasteiger partial charge >= 0.3 is 0 Å². The second-order valence-electron chi connectivity index (χ2n) is 3.16. The second kappa shape index (κ2) is 4.57. The van der Waals surface area contributed by atoms with E-state index < -0.39 is 9.84 Å². The van der Waals surface area contributed by atoms with Gasteiger partial charge in [-0.2, -0.15) is 0 Å². The van der Waals surface area contributed by atoms with Crippen LogP contribution in [0.5, 0.6) is 0 Å². The summed E-state index contributed by atoms with van der Waals surface area (Å²) in [6, 6.07) is 6.94. The number of benzene rings is 1. The van der Waals surface area contributed by atoms with Crippen LogP contribution in [0.2, 0.25) is 0 Å². The van der Waals surface area contributed by atoms with E-state index in [9.17, 15) is 8.42 Å². The van der Waals surface area contributed by atoms with Crippen LogP contribution >= 0.6 is 0 Å². The van der Waals surface area contributed by atoms with Gasteiger partial charge in [0.05, 0.1) is 11.5 Å². The molecule has 78 valence electrons. The number of methoxy groups -OCH3 is 1. The Hall–Kier alpha value is -0.870. The van der Waals surface area contributed by atoms with Crippen molar-refractivity contribution in [2.45, 2.75) is 11.3 Å². The van der Waals surface area contributed by atoms with E-state index in [2.05, 4.69) is 0 Å². The number of rotatable bonds is 4. The van der Waals surface area contributed by atoms with Crippen LogP contribution in [-0.2, 0) is 21.0 Å². The average Bonchev–Trinajstić information content (AvgIpc) is 2.14. The van der Waals surface area contributed by atoms with Crippen molar-refractivity contribution in [2.75, 3.05) is 20.0 Å². The molecule has 1 rings (SSSR count).